The third-order valence-corrected chi connectivity index (χ3v) is 5.22. The van der Waals surface area contributed by atoms with Gasteiger partial charge in [0.1, 0.15) is 0 Å². The van der Waals surface area contributed by atoms with Crippen LogP contribution in [0.5, 0.6) is 0 Å². The van der Waals surface area contributed by atoms with Crippen molar-refractivity contribution in [3.63, 3.8) is 0 Å². The van der Waals surface area contributed by atoms with Gasteiger partial charge in [-0.1, -0.05) is 29.8 Å². The number of benzene rings is 1. The molecule has 1 aliphatic rings. The second-order valence-electron chi connectivity index (χ2n) is 6.82. The van der Waals surface area contributed by atoms with Crippen LogP contribution in [0.4, 0.5) is 0 Å². The highest BCUT2D eigenvalue weighted by Gasteiger charge is 2.21. The number of aliphatic hydroxyl groups excluding tert-OH is 1. The van der Waals surface area contributed by atoms with Gasteiger partial charge in [0.05, 0.1) is 11.1 Å². The van der Waals surface area contributed by atoms with Crippen LogP contribution >= 0.6 is 11.6 Å². The van der Waals surface area contributed by atoms with E-state index in [4.69, 9.17) is 11.6 Å². The number of rotatable bonds is 3. The number of aryl methyl sites for hydroxylation is 1. The first kappa shape index (κ1) is 16.5. The van der Waals surface area contributed by atoms with Crippen LogP contribution in [0.1, 0.15) is 23.1 Å². The zero-order valence-corrected chi connectivity index (χ0v) is 15.2. The Balaban J connectivity index is 1.71. The van der Waals surface area contributed by atoms with E-state index in [2.05, 4.69) is 34.9 Å². The number of nitrogens with zero attached hydrogens (tertiary/aromatic N) is 4. The molecule has 25 heavy (non-hydrogen) atoms. The fourth-order valence-electron chi connectivity index (χ4n) is 3.41. The van der Waals surface area contributed by atoms with E-state index >= 15 is 0 Å². The van der Waals surface area contributed by atoms with Crippen molar-refractivity contribution in [2.45, 2.75) is 32.9 Å². The van der Waals surface area contributed by atoms with Crippen LogP contribution in [-0.4, -0.2) is 43.8 Å². The molecule has 6 heteroatoms. The first-order valence-corrected chi connectivity index (χ1v) is 8.91. The Morgan fingerprint density at radius 1 is 1.32 bits per heavy atom. The lowest BCUT2D eigenvalue weighted by Crippen LogP contribution is -2.21. The summed E-state index contributed by atoms with van der Waals surface area (Å²) in [6, 6.07) is 8.10. The van der Waals surface area contributed by atoms with Gasteiger partial charge in [0, 0.05) is 31.4 Å². The van der Waals surface area contributed by atoms with Crippen LogP contribution < -0.4 is 0 Å². The molecule has 0 unspecified atom stereocenters. The SMILES string of the molecule is Cc1cccc(-c2nc3c(Cl)cc(CN4CC[C@@H](O)C4)cn3n2)c1C. The van der Waals surface area contributed by atoms with Crippen LogP contribution in [-0.2, 0) is 6.54 Å². The summed E-state index contributed by atoms with van der Waals surface area (Å²) in [5.74, 6) is 0.692. The van der Waals surface area contributed by atoms with Gasteiger partial charge in [0.25, 0.3) is 0 Å². The highest BCUT2D eigenvalue weighted by atomic mass is 35.5. The van der Waals surface area contributed by atoms with Crippen LogP contribution in [0.25, 0.3) is 17.0 Å². The Hall–Kier alpha value is -1.95. The van der Waals surface area contributed by atoms with Gasteiger partial charge >= 0.3 is 0 Å². The van der Waals surface area contributed by atoms with E-state index < -0.39 is 0 Å². The fourth-order valence-corrected chi connectivity index (χ4v) is 3.67. The maximum absolute atomic E-state index is 9.69. The van der Waals surface area contributed by atoms with E-state index in [0.717, 1.165) is 30.6 Å². The van der Waals surface area contributed by atoms with Crippen molar-refractivity contribution in [1.82, 2.24) is 19.5 Å². The molecule has 1 N–H and O–H groups in total. The molecule has 4 rings (SSSR count). The van der Waals surface area contributed by atoms with Gasteiger partial charge < -0.3 is 5.11 Å². The van der Waals surface area contributed by atoms with Crippen molar-refractivity contribution < 1.29 is 5.11 Å². The predicted molar refractivity (Wildman–Crippen MR) is 98.8 cm³/mol. The minimum Gasteiger partial charge on any atom is -0.392 e. The summed E-state index contributed by atoms with van der Waals surface area (Å²) in [7, 11) is 0. The molecule has 0 saturated carbocycles. The number of hydrogen-bond acceptors (Lipinski definition) is 4. The standard InChI is InChI=1S/C19H21ClN4O/c1-12-4-3-5-16(13(12)2)18-21-19-17(20)8-14(10-24(19)22-18)9-23-7-6-15(25)11-23/h3-5,8,10,15,25H,6-7,9,11H2,1-2H3/t15-/m1/s1. The molecule has 1 aromatic carbocycles. The molecule has 1 fully saturated rings. The largest absolute Gasteiger partial charge is 0.392 e. The average molecular weight is 357 g/mol. The minimum absolute atomic E-state index is 0.221. The van der Waals surface area contributed by atoms with Gasteiger partial charge in [-0.2, -0.15) is 0 Å². The first-order chi connectivity index (χ1) is 12.0. The Bertz CT molecular complexity index is 937. The smallest absolute Gasteiger partial charge is 0.182 e. The number of aliphatic hydroxyl groups is 1. The quantitative estimate of drug-likeness (QED) is 0.782. The van der Waals surface area contributed by atoms with Crippen molar-refractivity contribution in [1.29, 1.82) is 0 Å². The van der Waals surface area contributed by atoms with Gasteiger partial charge in [-0.3, -0.25) is 4.90 Å². The summed E-state index contributed by atoms with van der Waals surface area (Å²) in [5.41, 5.74) is 5.17. The van der Waals surface area contributed by atoms with Gasteiger partial charge in [0.15, 0.2) is 11.5 Å². The molecule has 0 spiro atoms. The number of hydrogen-bond donors (Lipinski definition) is 1. The highest BCUT2D eigenvalue weighted by Crippen LogP contribution is 2.26. The van der Waals surface area contributed by atoms with Crippen LogP contribution in [0, 0.1) is 13.8 Å². The Morgan fingerprint density at radius 2 is 2.16 bits per heavy atom. The maximum atomic E-state index is 9.69. The summed E-state index contributed by atoms with van der Waals surface area (Å²) in [5, 5.41) is 14.9. The highest BCUT2D eigenvalue weighted by molar-refractivity contribution is 6.33. The number of likely N-dealkylation sites (tertiary alicyclic amines) is 1. The zero-order valence-electron chi connectivity index (χ0n) is 14.4. The lowest BCUT2D eigenvalue weighted by Gasteiger charge is -2.14. The Kier molecular flexibility index (Phi) is 4.23. The summed E-state index contributed by atoms with van der Waals surface area (Å²) in [4.78, 5) is 6.86. The number of β-amino-alcohol motifs (C(OH)–C–C–N with tert-alkyl or cyclic N) is 1. The molecule has 0 amide bonds. The molecule has 0 bridgehead atoms. The summed E-state index contributed by atoms with van der Waals surface area (Å²) < 4.78 is 1.77. The Labute approximate surface area is 151 Å². The molecule has 130 valence electrons. The van der Waals surface area contributed by atoms with E-state index in [0.29, 0.717) is 23.0 Å². The molecular weight excluding hydrogens is 336 g/mol. The third-order valence-electron chi connectivity index (χ3n) is 4.94. The third kappa shape index (κ3) is 3.15. The zero-order chi connectivity index (χ0) is 17.6. The van der Waals surface area contributed by atoms with Gasteiger partial charge in [-0.05, 0) is 43.0 Å². The lowest BCUT2D eigenvalue weighted by molar-refractivity contribution is 0.174. The van der Waals surface area contributed by atoms with Crippen molar-refractivity contribution in [3.05, 3.63) is 52.2 Å². The van der Waals surface area contributed by atoms with Gasteiger partial charge in [-0.15, -0.1) is 5.10 Å². The minimum atomic E-state index is -0.221. The van der Waals surface area contributed by atoms with Crippen LogP contribution in [0.3, 0.4) is 0 Å². The molecule has 3 heterocycles. The predicted octanol–water partition coefficient (Wildman–Crippen LogP) is 3.23. The average Bonchev–Trinajstić information content (AvgIpc) is 3.16. The molecular formula is C19H21ClN4O. The molecule has 3 aromatic rings. The number of aromatic nitrogens is 3. The first-order valence-electron chi connectivity index (χ1n) is 8.53. The second kappa shape index (κ2) is 6.41. The molecule has 5 nitrogen and oxygen atoms in total. The fraction of sp³-hybridized carbons (Fsp3) is 0.368. The molecule has 0 aliphatic carbocycles. The summed E-state index contributed by atoms with van der Waals surface area (Å²) in [6.45, 7) is 6.54. The number of fused-ring (bicyclic) bond motifs is 1. The maximum Gasteiger partial charge on any atom is 0.182 e. The number of halogens is 1. The summed E-state index contributed by atoms with van der Waals surface area (Å²) >= 11 is 6.46. The van der Waals surface area contributed by atoms with E-state index in [9.17, 15) is 5.11 Å². The van der Waals surface area contributed by atoms with Crippen LogP contribution in [0.15, 0.2) is 30.5 Å². The lowest BCUT2D eigenvalue weighted by atomic mass is 10.0. The van der Waals surface area contributed by atoms with Gasteiger partial charge in [0.2, 0.25) is 0 Å². The van der Waals surface area contributed by atoms with Crippen molar-refractivity contribution in [2.75, 3.05) is 13.1 Å². The van der Waals surface area contributed by atoms with Crippen molar-refractivity contribution >= 4 is 17.2 Å². The van der Waals surface area contributed by atoms with E-state index in [1.165, 1.54) is 11.1 Å². The Morgan fingerprint density at radius 3 is 2.92 bits per heavy atom. The van der Waals surface area contributed by atoms with Crippen molar-refractivity contribution in [2.24, 2.45) is 0 Å². The van der Waals surface area contributed by atoms with E-state index in [-0.39, 0.29) is 6.10 Å². The summed E-state index contributed by atoms with van der Waals surface area (Å²) in [6.07, 6.45) is 2.59. The molecule has 1 aliphatic heterocycles. The van der Waals surface area contributed by atoms with E-state index in [1.807, 2.05) is 24.4 Å². The number of pyridine rings is 1. The molecule has 0 radical (unpaired) electrons. The molecule has 2 aromatic heterocycles. The van der Waals surface area contributed by atoms with Crippen molar-refractivity contribution in [3.8, 4) is 11.4 Å². The monoisotopic (exact) mass is 356 g/mol. The topological polar surface area (TPSA) is 53.7 Å². The van der Waals surface area contributed by atoms with Gasteiger partial charge in [-0.25, -0.2) is 9.50 Å². The van der Waals surface area contributed by atoms with E-state index in [1.54, 1.807) is 4.52 Å². The molecule has 1 atom stereocenters. The second-order valence-corrected chi connectivity index (χ2v) is 7.23. The normalized spacial score (nSPS) is 18.3. The van der Waals surface area contributed by atoms with Crippen LogP contribution in [0.2, 0.25) is 5.02 Å². The molecule has 1 saturated heterocycles.